The zero-order valence-corrected chi connectivity index (χ0v) is 23.4. The number of rotatable bonds is 14. The van der Waals surface area contributed by atoms with Gasteiger partial charge >= 0.3 is 5.97 Å². The van der Waals surface area contributed by atoms with Crippen LogP contribution in [0.1, 0.15) is 79.7 Å². The Morgan fingerprint density at radius 3 is 2.26 bits per heavy atom. The smallest absolute Gasteiger partial charge is 0.305 e. The molecule has 6 heteroatoms. The molecule has 0 aliphatic rings. The summed E-state index contributed by atoms with van der Waals surface area (Å²) >= 11 is 0. The average molecular weight is 530 g/mol. The van der Waals surface area contributed by atoms with Crippen molar-refractivity contribution in [3.05, 3.63) is 89.5 Å². The molecule has 0 heterocycles. The molecule has 0 aliphatic carbocycles. The van der Waals surface area contributed by atoms with E-state index in [1.807, 2.05) is 92.4 Å². The molecule has 0 bridgehead atoms. The van der Waals surface area contributed by atoms with Crippen molar-refractivity contribution < 1.29 is 23.9 Å². The third-order valence-corrected chi connectivity index (χ3v) is 6.47. The van der Waals surface area contributed by atoms with Crippen LogP contribution < -0.4 is 4.74 Å². The van der Waals surface area contributed by atoms with Crippen molar-refractivity contribution in [1.82, 2.24) is 4.90 Å². The van der Waals surface area contributed by atoms with E-state index in [2.05, 4.69) is 0 Å². The van der Waals surface area contributed by atoms with Gasteiger partial charge in [0, 0.05) is 30.1 Å². The Hall–Kier alpha value is -3.93. The molecule has 1 amide bonds. The number of ketones is 1. The third-order valence-electron chi connectivity index (χ3n) is 6.47. The standard InChI is InChI=1S/C33H39NO5/c1-5-38-32(36)15-7-6-8-20-39-31-14-9-11-26(21-31)23-34(24(2)3)33(37)28-18-16-27(17-19-28)30-13-10-12-29(22-30)25(4)35/h9-14,16-19,21-22,24H,5-8,15,20,23H2,1-4H3. The first-order valence-corrected chi connectivity index (χ1v) is 13.7. The van der Waals surface area contributed by atoms with Crippen LogP contribution in [0.15, 0.2) is 72.8 Å². The van der Waals surface area contributed by atoms with Gasteiger partial charge in [-0.2, -0.15) is 0 Å². The van der Waals surface area contributed by atoms with Crippen LogP contribution in [0, 0.1) is 0 Å². The van der Waals surface area contributed by atoms with Crippen molar-refractivity contribution >= 4 is 17.7 Å². The fourth-order valence-corrected chi connectivity index (χ4v) is 4.28. The number of Topliss-reactive ketones (excluding diaryl/α,β-unsaturated/α-hetero) is 1. The highest BCUT2D eigenvalue weighted by Crippen LogP contribution is 2.23. The molecule has 206 valence electrons. The van der Waals surface area contributed by atoms with Crippen LogP contribution in [0.2, 0.25) is 0 Å². The van der Waals surface area contributed by atoms with Crippen LogP contribution in [0.25, 0.3) is 11.1 Å². The van der Waals surface area contributed by atoms with E-state index in [1.165, 1.54) is 0 Å². The van der Waals surface area contributed by atoms with Crippen LogP contribution in [-0.4, -0.2) is 41.8 Å². The van der Waals surface area contributed by atoms with Crippen LogP contribution in [0.5, 0.6) is 5.75 Å². The first-order valence-electron chi connectivity index (χ1n) is 13.7. The Kier molecular flexibility index (Phi) is 11.3. The summed E-state index contributed by atoms with van der Waals surface area (Å²) in [4.78, 5) is 38.5. The van der Waals surface area contributed by atoms with E-state index in [9.17, 15) is 14.4 Å². The van der Waals surface area contributed by atoms with E-state index in [0.29, 0.717) is 37.3 Å². The Labute approximate surface area is 231 Å². The van der Waals surface area contributed by atoms with Gasteiger partial charge in [0.25, 0.3) is 5.91 Å². The monoisotopic (exact) mass is 529 g/mol. The topological polar surface area (TPSA) is 72.9 Å². The Morgan fingerprint density at radius 2 is 1.56 bits per heavy atom. The van der Waals surface area contributed by atoms with Crippen molar-refractivity contribution in [2.24, 2.45) is 0 Å². The van der Waals surface area contributed by atoms with E-state index in [0.717, 1.165) is 41.7 Å². The van der Waals surface area contributed by atoms with Gasteiger partial charge in [-0.05, 0) is 94.0 Å². The molecule has 0 aromatic heterocycles. The highest BCUT2D eigenvalue weighted by atomic mass is 16.5. The van der Waals surface area contributed by atoms with Gasteiger partial charge in [-0.1, -0.05) is 42.5 Å². The number of carbonyl (C=O) groups is 3. The second-order valence-electron chi connectivity index (χ2n) is 9.85. The number of hydrogen-bond acceptors (Lipinski definition) is 5. The fourth-order valence-electron chi connectivity index (χ4n) is 4.28. The summed E-state index contributed by atoms with van der Waals surface area (Å²) in [5.41, 5.74) is 4.17. The summed E-state index contributed by atoms with van der Waals surface area (Å²) < 4.78 is 10.9. The maximum atomic E-state index is 13.4. The Balaban J connectivity index is 1.59. The summed E-state index contributed by atoms with van der Waals surface area (Å²) in [6.45, 7) is 8.85. The molecule has 0 atom stereocenters. The number of amides is 1. The molecule has 0 fully saturated rings. The number of ether oxygens (including phenoxy) is 2. The van der Waals surface area contributed by atoms with Crippen LogP contribution in [0.3, 0.4) is 0 Å². The van der Waals surface area contributed by atoms with Gasteiger partial charge in [0.1, 0.15) is 5.75 Å². The van der Waals surface area contributed by atoms with E-state index >= 15 is 0 Å². The highest BCUT2D eigenvalue weighted by molar-refractivity contribution is 5.96. The van der Waals surface area contributed by atoms with E-state index in [1.54, 1.807) is 13.0 Å². The Bertz CT molecular complexity index is 1250. The molecule has 0 spiro atoms. The molecule has 0 unspecified atom stereocenters. The van der Waals surface area contributed by atoms with Crippen molar-refractivity contribution in [1.29, 1.82) is 0 Å². The minimum absolute atomic E-state index is 0.00778. The lowest BCUT2D eigenvalue weighted by molar-refractivity contribution is -0.143. The maximum absolute atomic E-state index is 13.4. The molecule has 3 rings (SSSR count). The van der Waals surface area contributed by atoms with E-state index < -0.39 is 0 Å². The molecular weight excluding hydrogens is 490 g/mol. The van der Waals surface area contributed by atoms with E-state index in [-0.39, 0.29) is 23.7 Å². The first-order chi connectivity index (χ1) is 18.8. The van der Waals surface area contributed by atoms with Gasteiger partial charge in [0.05, 0.1) is 13.2 Å². The molecule has 0 saturated heterocycles. The van der Waals surface area contributed by atoms with Crippen molar-refractivity contribution in [2.45, 2.75) is 66.0 Å². The summed E-state index contributed by atoms with van der Waals surface area (Å²) in [6, 6.07) is 22.9. The molecule has 3 aromatic carbocycles. The number of nitrogens with zero attached hydrogens (tertiary/aromatic N) is 1. The number of unbranched alkanes of at least 4 members (excludes halogenated alkanes) is 2. The summed E-state index contributed by atoms with van der Waals surface area (Å²) in [5, 5.41) is 0. The SMILES string of the molecule is CCOC(=O)CCCCCOc1cccc(CN(C(=O)c2ccc(-c3cccc(C(C)=O)c3)cc2)C(C)C)c1. The second kappa shape index (κ2) is 14.9. The van der Waals surface area contributed by atoms with Gasteiger partial charge < -0.3 is 14.4 Å². The Morgan fingerprint density at radius 1 is 0.821 bits per heavy atom. The first kappa shape index (κ1) is 29.6. The predicted molar refractivity (Wildman–Crippen MR) is 154 cm³/mol. The minimum Gasteiger partial charge on any atom is -0.494 e. The lowest BCUT2D eigenvalue weighted by Gasteiger charge is -2.27. The van der Waals surface area contributed by atoms with Gasteiger partial charge in [0.2, 0.25) is 0 Å². The molecule has 0 aliphatic heterocycles. The molecule has 39 heavy (non-hydrogen) atoms. The average Bonchev–Trinajstić information content (AvgIpc) is 2.93. The normalized spacial score (nSPS) is 10.8. The molecule has 0 radical (unpaired) electrons. The highest BCUT2D eigenvalue weighted by Gasteiger charge is 2.19. The van der Waals surface area contributed by atoms with Crippen LogP contribution >= 0.6 is 0 Å². The van der Waals surface area contributed by atoms with Gasteiger partial charge in [-0.3, -0.25) is 14.4 Å². The van der Waals surface area contributed by atoms with Crippen molar-refractivity contribution in [2.75, 3.05) is 13.2 Å². The number of benzene rings is 3. The van der Waals surface area contributed by atoms with Crippen LogP contribution in [0.4, 0.5) is 0 Å². The van der Waals surface area contributed by atoms with Crippen molar-refractivity contribution in [3.8, 4) is 16.9 Å². The number of carbonyl (C=O) groups excluding carboxylic acids is 3. The number of esters is 1. The molecule has 0 N–H and O–H groups in total. The lowest BCUT2D eigenvalue weighted by atomic mass is 10.00. The molecular formula is C33H39NO5. The molecule has 3 aromatic rings. The van der Waals surface area contributed by atoms with Crippen LogP contribution in [-0.2, 0) is 16.1 Å². The zero-order chi connectivity index (χ0) is 28.2. The van der Waals surface area contributed by atoms with Gasteiger partial charge in [-0.15, -0.1) is 0 Å². The molecule has 0 saturated carbocycles. The summed E-state index contributed by atoms with van der Waals surface area (Å²) in [6.07, 6.45) is 2.99. The second-order valence-corrected chi connectivity index (χ2v) is 9.85. The molecule has 6 nitrogen and oxygen atoms in total. The largest absolute Gasteiger partial charge is 0.494 e. The quantitative estimate of drug-likeness (QED) is 0.126. The predicted octanol–water partition coefficient (Wildman–Crippen LogP) is 7.11. The third kappa shape index (κ3) is 9.10. The number of hydrogen-bond donors (Lipinski definition) is 0. The van der Waals surface area contributed by atoms with E-state index in [4.69, 9.17) is 9.47 Å². The lowest BCUT2D eigenvalue weighted by Crippen LogP contribution is -2.36. The summed E-state index contributed by atoms with van der Waals surface area (Å²) in [7, 11) is 0. The van der Waals surface area contributed by atoms with Crippen molar-refractivity contribution in [3.63, 3.8) is 0 Å². The minimum atomic E-state index is -0.147. The fraction of sp³-hybridized carbons (Fsp3) is 0.364. The summed E-state index contributed by atoms with van der Waals surface area (Å²) in [5.74, 6) is 0.607. The van der Waals surface area contributed by atoms with Gasteiger partial charge in [-0.25, -0.2) is 0 Å². The van der Waals surface area contributed by atoms with Gasteiger partial charge in [0.15, 0.2) is 5.78 Å². The zero-order valence-electron chi connectivity index (χ0n) is 23.4. The maximum Gasteiger partial charge on any atom is 0.305 e.